The van der Waals surface area contributed by atoms with Crippen molar-refractivity contribution in [1.82, 2.24) is 5.01 Å². The zero-order chi connectivity index (χ0) is 17.2. The second-order valence-electron chi connectivity index (χ2n) is 6.29. The van der Waals surface area contributed by atoms with E-state index < -0.39 is 0 Å². The molecule has 1 aliphatic rings. The third-order valence-electron chi connectivity index (χ3n) is 4.76. The van der Waals surface area contributed by atoms with E-state index in [-0.39, 0.29) is 11.9 Å². The van der Waals surface area contributed by atoms with Gasteiger partial charge in [0, 0.05) is 12.8 Å². The predicted molar refractivity (Wildman–Crippen MR) is 101 cm³/mol. The van der Waals surface area contributed by atoms with Crippen LogP contribution in [0.5, 0.6) is 0 Å². The third-order valence-corrected chi connectivity index (χ3v) is 4.76. The maximum absolute atomic E-state index is 12.5. The van der Waals surface area contributed by atoms with Gasteiger partial charge < -0.3 is 0 Å². The molecule has 1 aliphatic heterocycles. The lowest BCUT2D eigenvalue weighted by Gasteiger charge is -2.23. The summed E-state index contributed by atoms with van der Waals surface area (Å²) in [6.45, 7) is 1.89. The highest BCUT2D eigenvalue weighted by Crippen LogP contribution is 2.36. The second-order valence-corrected chi connectivity index (χ2v) is 6.29. The zero-order valence-electron chi connectivity index (χ0n) is 14.2. The monoisotopic (exact) mass is 328 g/mol. The molecule has 0 aliphatic carbocycles. The summed E-state index contributed by atoms with van der Waals surface area (Å²) in [5, 5.41) is 8.76. The average molecular weight is 328 g/mol. The molecule has 124 valence electrons. The van der Waals surface area contributed by atoms with Crippen molar-refractivity contribution >= 4 is 22.4 Å². The first kappa shape index (κ1) is 15.6. The lowest BCUT2D eigenvalue weighted by molar-refractivity contribution is -0.132. The van der Waals surface area contributed by atoms with Crippen LogP contribution in [0.25, 0.3) is 10.8 Å². The van der Waals surface area contributed by atoms with Gasteiger partial charge in [-0.05, 0) is 21.9 Å². The fourth-order valence-electron chi connectivity index (χ4n) is 3.49. The molecule has 0 spiro atoms. The smallest absolute Gasteiger partial charge is 0.242 e. The highest BCUT2D eigenvalue weighted by atomic mass is 16.2. The van der Waals surface area contributed by atoms with Crippen molar-refractivity contribution in [1.29, 1.82) is 0 Å². The molecule has 1 amide bonds. The van der Waals surface area contributed by atoms with Crippen LogP contribution in [0.3, 0.4) is 0 Å². The summed E-state index contributed by atoms with van der Waals surface area (Å²) in [7, 11) is 0. The molecule has 0 aromatic heterocycles. The van der Waals surface area contributed by atoms with Gasteiger partial charge in [-0.25, -0.2) is 5.01 Å². The van der Waals surface area contributed by atoms with Crippen LogP contribution in [0.4, 0.5) is 0 Å². The molecule has 0 fully saturated rings. The van der Waals surface area contributed by atoms with Gasteiger partial charge in [-0.2, -0.15) is 5.10 Å². The summed E-state index contributed by atoms with van der Waals surface area (Å²) >= 11 is 0. The van der Waals surface area contributed by atoms with Gasteiger partial charge in [0.1, 0.15) is 0 Å². The molecule has 0 bridgehead atoms. The number of carbonyl (C=O) groups is 1. The molecule has 0 saturated heterocycles. The first-order valence-corrected chi connectivity index (χ1v) is 8.70. The maximum atomic E-state index is 12.5. The number of fused-ring (bicyclic) bond motifs is 1. The lowest BCUT2D eigenvalue weighted by atomic mass is 9.94. The van der Waals surface area contributed by atoms with Gasteiger partial charge in [0.15, 0.2) is 0 Å². The van der Waals surface area contributed by atoms with E-state index in [0.717, 1.165) is 23.3 Å². The highest BCUT2D eigenvalue weighted by Gasteiger charge is 2.33. The number of hydrazone groups is 1. The number of amides is 1. The number of nitrogens with zero attached hydrogens (tertiary/aromatic N) is 2. The van der Waals surface area contributed by atoms with Crippen LogP contribution in [-0.2, 0) is 4.79 Å². The zero-order valence-corrected chi connectivity index (χ0v) is 14.2. The SMILES string of the molecule is CCC(=O)N1N=C(c2ccccc2)CC1c1cccc2ccccc12. The first-order chi connectivity index (χ1) is 12.3. The summed E-state index contributed by atoms with van der Waals surface area (Å²) in [6, 6.07) is 24.7. The fourth-order valence-corrected chi connectivity index (χ4v) is 3.49. The number of hydrogen-bond acceptors (Lipinski definition) is 2. The summed E-state index contributed by atoms with van der Waals surface area (Å²) < 4.78 is 0. The molecule has 3 nitrogen and oxygen atoms in total. The van der Waals surface area contributed by atoms with Gasteiger partial charge in [0.05, 0.1) is 11.8 Å². The molecular weight excluding hydrogens is 308 g/mol. The third kappa shape index (κ3) is 2.82. The van der Waals surface area contributed by atoms with Crippen LogP contribution in [0.15, 0.2) is 77.9 Å². The minimum atomic E-state index is -0.0474. The van der Waals surface area contributed by atoms with E-state index in [9.17, 15) is 4.79 Å². The molecular formula is C22H20N2O. The largest absolute Gasteiger partial charge is 0.273 e. The Hall–Kier alpha value is -2.94. The van der Waals surface area contributed by atoms with Gasteiger partial charge in [0.25, 0.3) is 0 Å². The molecule has 0 radical (unpaired) electrons. The molecule has 1 atom stereocenters. The minimum Gasteiger partial charge on any atom is -0.273 e. The van der Waals surface area contributed by atoms with Crippen molar-refractivity contribution in [3.63, 3.8) is 0 Å². The Morgan fingerprint density at radius 3 is 2.52 bits per heavy atom. The van der Waals surface area contributed by atoms with E-state index >= 15 is 0 Å². The first-order valence-electron chi connectivity index (χ1n) is 8.70. The van der Waals surface area contributed by atoms with E-state index in [1.165, 1.54) is 10.8 Å². The Labute approximate surface area is 147 Å². The average Bonchev–Trinajstić information content (AvgIpc) is 3.13. The molecule has 25 heavy (non-hydrogen) atoms. The van der Waals surface area contributed by atoms with E-state index in [4.69, 9.17) is 5.10 Å². The van der Waals surface area contributed by atoms with Crippen molar-refractivity contribution in [2.75, 3.05) is 0 Å². The molecule has 3 aromatic carbocycles. The van der Waals surface area contributed by atoms with Crippen LogP contribution in [-0.4, -0.2) is 16.6 Å². The van der Waals surface area contributed by atoms with Crippen molar-refractivity contribution in [3.05, 3.63) is 83.9 Å². The summed E-state index contributed by atoms with van der Waals surface area (Å²) in [4.78, 5) is 12.5. The predicted octanol–water partition coefficient (Wildman–Crippen LogP) is 4.93. The Kier molecular flexibility index (Phi) is 4.06. The van der Waals surface area contributed by atoms with Crippen molar-refractivity contribution in [2.24, 2.45) is 5.10 Å². The van der Waals surface area contributed by atoms with Gasteiger partial charge in [-0.3, -0.25) is 4.79 Å². The quantitative estimate of drug-likeness (QED) is 0.671. The van der Waals surface area contributed by atoms with Crippen LogP contribution in [0, 0.1) is 0 Å². The van der Waals surface area contributed by atoms with Crippen LogP contribution in [0.1, 0.15) is 36.9 Å². The van der Waals surface area contributed by atoms with Crippen molar-refractivity contribution in [3.8, 4) is 0 Å². The number of benzene rings is 3. The van der Waals surface area contributed by atoms with Crippen LogP contribution < -0.4 is 0 Å². The van der Waals surface area contributed by atoms with Crippen LogP contribution in [0.2, 0.25) is 0 Å². The molecule has 4 rings (SSSR count). The second kappa shape index (κ2) is 6.52. The summed E-state index contributed by atoms with van der Waals surface area (Å²) in [5.74, 6) is 0.0591. The Morgan fingerprint density at radius 1 is 1.00 bits per heavy atom. The molecule has 3 aromatic rings. The lowest BCUT2D eigenvalue weighted by Crippen LogP contribution is -2.26. The number of rotatable bonds is 3. The van der Waals surface area contributed by atoms with Crippen molar-refractivity contribution < 1.29 is 4.79 Å². The number of hydrogen-bond donors (Lipinski definition) is 0. The molecule has 0 saturated carbocycles. The number of carbonyl (C=O) groups excluding carboxylic acids is 1. The topological polar surface area (TPSA) is 32.7 Å². The van der Waals surface area contributed by atoms with Gasteiger partial charge in [-0.15, -0.1) is 0 Å². The standard InChI is InChI=1S/C22H20N2O/c1-2-22(25)24-21(15-20(23-24)17-10-4-3-5-11-17)19-14-8-12-16-9-6-7-13-18(16)19/h3-14,21H,2,15H2,1H3. The Bertz CT molecular complexity index is 941. The highest BCUT2D eigenvalue weighted by molar-refractivity contribution is 6.03. The molecule has 1 unspecified atom stereocenters. The van der Waals surface area contributed by atoms with Crippen molar-refractivity contribution in [2.45, 2.75) is 25.8 Å². The Morgan fingerprint density at radius 2 is 1.72 bits per heavy atom. The minimum absolute atomic E-state index is 0.0474. The van der Waals surface area contributed by atoms with E-state index in [1.807, 2.05) is 37.3 Å². The van der Waals surface area contributed by atoms with Crippen LogP contribution >= 0.6 is 0 Å². The maximum Gasteiger partial charge on any atom is 0.242 e. The Balaban J connectivity index is 1.79. The molecule has 3 heteroatoms. The summed E-state index contributed by atoms with van der Waals surface area (Å²) in [6.07, 6.45) is 1.19. The fraction of sp³-hybridized carbons (Fsp3) is 0.182. The normalized spacial score (nSPS) is 16.9. The van der Waals surface area contributed by atoms with Gasteiger partial charge in [0.2, 0.25) is 5.91 Å². The molecule has 0 N–H and O–H groups in total. The van der Waals surface area contributed by atoms with Gasteiger partial charge >= 0.3 is 0 Å². The van der Waals surface area contributed by atoms with E-state index in [2.05, 4.69) is 42.5 Å². The molecule has 1 heterocycles. The van der Waals surface area contributed by atoms with E-state index in [0.29, 0.717) is 6.42 Å². The van der Waals surface area contributed by atoms with E-state index in [1.54, 1.807) is 5.01 Å². The summed E-state index contributed by atoms with van der Waals surface area (Å²) in [5.41, 5.74) is 3.22. The van der Waals surface area contributed by atoms with Gasteiger partial charge in [-0.1, -0.05) is 79.7 Å².